The molecule has 1 aromatic carbocycles. The van der Waals surface area contributed by atoms with Gasteiger partial charge in [-0.05, 0) is 25.3 Å². The van der Waals surface area contributed by atoms with Gasteiger partial charge in [-0.15, -0.1) is 11.3 Å². The van der Waals surface area contributed by atoms with Crippen LogP contribution >= 0.6 is 11.3 Å². The molecule has 0 N–H and O–H groups in total. The standard InChI is InChI=1S/C24H27N3O4S/c1-16-4-6-17(7-5-16)19-14-32-22-21(19)23(29)27(15-25-22)10-8-20(28)26-9-2-3-18(13-26)24-30-11-12-31-24/h4-7,14-15,18,24H,2-3,8-13H2,1H3. The van der Waals surface area contributed by atoms with Crippen LogP contribution in [0.2, 0.25) is 0 Å². The van der Waals surface area contributed by atoms with Crippen molar-refractivity contribution in [3.8, 4) is 11.1 Å². The molecule has 1 amide bonds. The van der Waals surface area contributed by atoms with Gasteiger partial charge >= 0.3 is 0 Å². The van der Waals surface area contributed by atoms with Crippen LogP contribution in [0, 0.1) is 12.8 Å². The highest BCUT2D eigenvalue weighted by Gasteiger charge is 2.32. The number of fused-ring (bicyclic) bond motifs is 1. The van der Waals surface area contributed by atoms with E-state index in [2.05, 4.69) is 4.98 Å². The van der Waals surface area contributed by atoms with E-state index in [1.807, 2.05) is 41.5 Å². The molecule has 5 rings (SSSR count). The third-order valence-corrected chi connectivity index (χ3v) is 7.22. The molecule has 3 aromatic rings. The zero-order chi connectivity index (χ0) is 22.1. The zero-order valence-electron chi connectivity index (χ0n) is 18.2. The van der Waals surface area contributed by atoms with Gasteiger partial charge in [-0.1, -0.05) is 29.8 Å². The number of hydrogen-bond acceptors (Lipinski definition) is 6. The van der Waals surface area contributed by atoms with E-state index < -0.39 is 0 Å². The van der Waals surface area contributed by atoms with E-state index in [1.54, 1.807) is 10.9 Å². The first-order valence-electron chi connectivity index (χ1n) is 11.1. The van der Waals surface area contributed by atoms with E-state index in [-0.39, 0.29) is 30.1 Å². The smallest absolute Gasteiger partial charge is 0.262 e. The zero-order valence-corrected chi connectivity index (χ0v) is 19.0. The molecule has 2 aromatic heterocycles. The number of nitrogens with zero attached hydrogens (tertiary/aromatic N) is 3. The van der Waals surface area contributed by atoms with Gasteiger partial charge in [0, 0.05) is 42.9 Å². The van der Waals surface area contributed by atoms with E-state index in [0.29, 0.717) is 31.7 Å². The molecular weight excluding hydrogens is 426 g/mol. The number of likely N-dealkylation sites (tertiary alicyclic amines) is 1. The minimum atomic E-state index is -0.196. The average Bonchev–Trinajstić information content (AvgIpc) is 3.50. The fourth-order valence-electron chi connectivity index (χ4n) is 4.55. The van der Waals surface area contributed by atoms with Crippen molar-refractivity contribution >= 4 is 27.5 Å². The summed E-state index contributed by atoms with van der Waals surface area (Å²) < 4.78 is 12.8. The Kier molecular flexibility index (Phi) is 6.08. The number of ether oxygens (including phenoxy) is 2. The summed E-state index contributed by atoms with van der Waals surface area (Å²) >= 11 is 1.47. The Morgan fingerprint density at radius 1 is 1.22 bits per heavy atom. The molecule has 7 nitrogen and oxygen atoms in total. The Morgan fingerprint density at radius 3 is 2.78 bits per heavy atom. The number of amides is 1. The van der Waals surface area contributed by atoms with Crippen LogP contribution in [0.25, 0.3) is 21.3 Å². The van der Waals surface area contributed by atoms with Crippen LogP contribution in [0.4, 0.5) is 0 Å². The van der Waals surface area contributed by atoms with Crippen molar-refractivity contribution in [3.63, 3.8) is 0 Å². The van der Waals surface area contributed by atoms with E-state index >= 15 is 0 Å². The molecule has 4 heterocycles. The van der Waals surface area contributed by atoms with Gasteiger partial charge < -0.3 is 14.4 Å². The lowest BCUT2D eigenvalue weighted by atomic mass is 9.97. The quantitative estimate of drug-likeness (QED) is 0.592. The molecule has 2 aliphatic rings. The molecule has 8 heteroatoms. The number of piperidine rings is 1. The van der Waals surface area contributed by atoms with Crippen molar-refractivity contribution in [1.82, 2.24) is 14.5 Å². The lowest BCUT2D eigenvalue weighted by Gasteiger charge is -2.34. The molecule has 0 bridgehead atoms. The van der Waals surface area contributed by atoms with Gasteiger partial charge in [0.05, 0.1) is 24.9 Å². The number of hydrogen-bond donors (Lipinski definition) is 0. The molecule has 168 valence electrons. The van der Waals surface area contributed by atoms with Gasteiger partial charge in [-0.3, -0.25) is 14.2 Å². The molecule has 0 aliphatic carbocycles. The van der Waals surface area contributed by atoms with Gasteiger partial charge in [-0.2, -0.15) is 0 Å². The second kappa shape index (κ2) is 9.13. The van der Waals surface area contributed by atoms with Crippen molar-refractivity contribution in [2.24, 2.45) is 5.92 Å². The third-order valence-electron chi connectivity index (χ3n) is 6.33. The number of aryl methyl sites for hydroxylation is 2. The minimum absolute atomic E-state index is 0.0590. The maximum Gasteiger partial charge on any atom is 0.262 e. The Morgan fingerprint density at radius 2 is 2.00 bits per heavy atom. The first kappa shape index (κ1) is 21.3. The van der Waals surface area contributed by atoms with Crippen LogP contribution in [0.5, 0.6) is 0 Å². The summed E-state index contributed by atoms with van der Waals surface area (Å²) in [4.78, 5) is 33.2. The molecule has 2 saturated heterocycles. The van der Waals surface area contributed by atoms with Crippen LogP contribution in [-0.2, 0) is 20.8 Å². The van der Waals surface area contributed by atoms with Crippen molar-refractivity contribution in [3.05, 3.63) is 51.9 Å². The number of thiophene rings is 1. The van der Waals surface area contributed by atoms with Gasteiger partial charge in [0.1, 0.15) is 4.83 Å². The lowest BCUT2D eigenvalue weighted by molar-refractivity contribution is -0.139. The average molecular weight is 454 g/mol. The highest BCUT2D eigenvalue weighted by Crippen LogP contribution is 2.31. The maximum absolute atomic E-state index is 13.2. The molecule has 2 aliphatic heterocycles. The second-order valence-corrected chi connectivity index (χ2v) is 9.40. The summed E-state index contributed by atoms with van der Waals surface area (Å²) in [7, 11) is 0. The Balaban J connectivity index is 1.30. The van der Waals surface area contributed by atoms with E-state index in [9.17, 15) is 9.59 Å². The molecule has 0 radical (unpaired) electrons. The highest BCUT2D eigenvalue weighted by molar-refractivity contribution is 7.17. The first-order chi connectivity index (χ1) is 15.6. The fraction of sp³-hybridized carbons (Fsp3) is 0.458. The number of carbonyl (C=O) groups is 1. The van der Waals surface area contributed by atoms with Gasteiger partial charge in [0.2, 0.25) is 5.91 Å². The summed E-state index contributed by atoms with van der Waals surface area (Å²) in [6, 6.07) is 8.14. The molecule has 1 atom stereocenters. The Bertz CT molecular complexity index is 1160. The summed E-state index contributed by atoms with van der Waals surface area (Å²) in [5.74, 6) is 0.280. The monoisotopic (exact) mass is 453 g/mol. The summed E-state index contributed by atoms with van der Waals surface area (Å²) in [6.45, 7) is 5.01. The predicted octanol–water partition coefficient (Wildman–Crippen LogP) is 3.44. The number of rotatable bonds is 5. The van der Waals surface area contributed by atoms with Crippen molar-refractivity contribution in [2.45, 2.75) is 39.0 Å². The fourth-order valence-corrected chi connectivity index (χ4v) is 5.46. The topological polar surface area (TPSA) is 73.7 Å². The molecule has 32 heavy (non-hydrogen) atoms. The summed E-state index contributed by atoms with van der Waals surface area (Å²) in [6.07, 6.45) is 3.60. The SMILES string of the molecule is Cc1ccc(-c2csc3ncn(CCC(=O)N4CCCC(C5OCCO5)C4)c(=O)c23)cc1. The number of aromatic nitrogens is 2. The van der Waals surface area contributed by atoms with Crippen LogP contribution in [-0.4, -0.2) is 53.0 Å². The normalized spacial score (nSPS) is 19.7. The van der Waals surface area contributed by atoms with E-state index in [0.717, 1.165) is 35.3 Å². The van der Waals surface area contributed by atoms with Gasteiger partial charge in [0.15, 0.2) is 6.29 Å². The summed E-state index contributed by atoms with van der Waals surface area (Å²) in [5.41, 5.74) is 2.99. The highest BCUT2D eigenvalue weighted by atomic mass is 32.1. The largest absolute Gasteiger partial charge is 0.350 e. The Hall–Kier alpha value is -2.55. The third kappa shape index (κ3) is 4.22. The Labute approximate surface area is 190 Å². The van der Waals surface area contributed by atoms with Gasteiger partial charge in [-0.25, -0.2) is 4.98 Å². The van der Waals surface area contributed by atoms with Crippen LogP contribution in [0.15, 0.2) is 40.8 Å². The van der Waals surface area contributed by atoms with Crippen LogP contribution in [0.3, 0.4) is 0 Å². The molecule has 2 fully saturated rings. The number of carbonyl (C=O) groups excluding carboxylic acids is 1. The second-order valence-electron chi connectivity index (χ2n) is 8.54. The molecule has 0 saturated carbocycles. The first-order valence-corrected chi connectivity index (χ1v) is 12.0. The van der Waals surface area contributed by atoms with E-state index in [4.69, 9.17) is 9.47 Å². The van der Waals surface area contributed by atoms with Crippen molar-refractivity contribution in [1.29, 1.82) is 0 Å². The number of benzene rings is 1. The van der Waals surface area contributed by atoms with Crippen LogP contribution < -0.4 is 5.56 Å². The van der Waals surface area contributed by atoms with Gasteiger partial charge in [0.25, 0.3) is 5.56 Å². The van der Waals surface area contributed by atoms with Crippen molar-refractivity contribution < 1.29 is 14.3 Å². The lowest BCUT2D eigenvalue weighted by Crippen LogP contribution is -2.44. The molecular formula is C24H27N3O4S. The predicted molar refractivity (Wildman–Crippen MR) is 124 cm³/mol. The summed E-state index contributed by atoms with van der Waals surface area (Å²) in [5, 5.41) is 2.61. The van der Waals surface area contributed by atoms with Crippen molar-refractivity contribution in [2.75, 3.05) is 26.3 Å². The van der Waals surface area contributed by atoms with E-state index in [1.165, 1.54) is 16.9 Å². The maximum atomic E-state index is 13.2. The van der Waals surface area contributed by atoms with Crippen LogP contribution in [0.1, 0.15) is 24.8 Å². The molecule has 1 unspecified atom stereocenters. The minimum Gasteiger partial charge on any atom is -0.350 e. The molecule has 0 spiro atoms.